The number of benzene rings is 1. The normalized spacial score (nSPS) is 16.6. The average molecular weight is 412 g/mol. The Morgan fingerprint density at radius 2 is 1.97 bits per heavy atom. The summed E-state index contributed by atoms with van der Waals surface area (Å²) in [5, 5.41) is 0. The van der Waals surface area contributed by atoms with Gasteiger partial charge in [0.25, 0.3) is 5.91 Å². The number of aromatic nitrogens is 5. The van der Waals surface area contributed by atoms with Gasteiger partial charge >= 0.3 is 0 Å². The lowest BCUT2D eigenvalue weighted by atomic mass is 9.90. The van der Waals surface area contributed by atoms with Crippen LogP contribution in [0, 0.1) is 6.92 Å². The standard InChI is InChI=1S/C24H24N6O/c1-16-28-21-12-18(5-6-22(21)29(16)2)24(31)30-11-3-4-19(14-30)23-20(13-26-15-27-23)17-7-9-25-10-8-17/h5-10,12-13,15,19H,3-4,11,14H2,1-2H3/t19-/m0/s1. The van der Waals surface area contributed by atoms with Gasteiger partial charge in [-0.1, -0.05) is 0 Å². The summed E-state index contributed by atoms with van der Waals surface area (Å²) in [7, 11) is 1.99. The second-order valence-electron chi connectivity index (χ2n) is 8.07. The molecule has 0 bridgehead atoms. The predicted octanol–water partition coefficient (Wildman–Crippen LogP) is 3.75. The molecule has 156 valence electrons. The van der Waals surface area contributed by atoms with E-state index >= 15 is 0 Å². The molecule has 1 aliphatic rings. The van der Waals surface area contributed by atoms with Crippen LogP contribution in [0.5, 0.6) is 0 Å². The van der Waals surface area contributed by atoms with Gasteiger partial charge in [-0.15, -0.1) is 0 Å². The van der Waals surface area contributed by atoms with Crippen molar-refractivity contribution in [2.75, 3.05) is 13.1 Å². The summed E-state index contributed by atoms with van der Waals surface area (Å²) in [6.45, 7) is 3.37. The van der Waals surface area contributed by atoms with Crippen LogP contribution in [0.2, 0.25) is 0 Å². The first-order valence-corrected chi connectivity index (χ1v) is 10.5. The lowest BCUT2D eigenvalue weighted by Crippen LogP contribution is -2.39. The molecule has 7 heteroatoms. The molecule has 3 aromatic heterocycles. The number of likely N-dealkylation sites (tertiary alicyclic amines) is 1. The number of pyridine rings is 1. The fourth-order valence-electron chi connectivity index (χ4n) is 4.44. The summed E-state index contributed by atoms with van der Waals surface area (Å²) in [6, 6.07) is 9.73. The maximum absolute atomic E-state index is 13.3. The Morgan fingerprint density at radius 3 is 2.81 bits per heavy atom. The minimum Gasteiger partial charge on any atom is -0.338 e. The fraction of sp³-hybridized carbons (Fsp3) is 0.292. The van der Waals surface area contributed by atoms with Crippen molar-refractivity contribution in [3.05, 3.63) is 72.3 Å². The van der Waals surface area contributed by atoms with E-state index in [0.717, 1.165) is 53.1 Å². The van der Waals surface area contributed by atoms with E-state index < -0.39 is 0 Å². The molecule has 1 fully saturated rings. The molecule has 7 nitrogen and oxygen atoms in total. The molecule has 1 atom stereocenters. The molecule has 0 radical (unpaired) electrons. The predicted molar refractivity (Wildman–Crippen MR) is 119 cm³/mol. The number of hydrogen-bond donors (Lipinski definition) is 0. The van der Waals surface area contributed by atoms with E-state index in [4.69, 9.17) is 0 Å². The number of aryl methyl sites for hydroxylation is 2. The summed E-state index contributed by atoms with van der Waals surface area (Å²) in [6.07, 6.45) is 8.95. The molecule has 5 rings (SSSR count). The molecule has 0 unspecified atom stereocenters. The highest BCUT2D eigenvalue weighted by Gasteiger charge is 2.28. The number of carbonyl (C=O) groups is 1. The van der Waals surface area contributed by atoms with Crippen molar-refractivity contribution in [1.82, 2.24) is 29.4 Å². The number of hydrogen-bond acceptors (Lipinski definition) is 5. The van der Waals surface area contributed by atoms with Crippen molar-refractivity contribution < 1.29 is 4.79 Å². The summed E-state index contributed by atoms with van der Waals surface area (Å²) in [4.78, 5) is 32.8. The Labute approximate surface area is 180 Å². The largest absolute Gasteiger partial charge is 0.338 e. The molecule has 0 saturated carbocycles. The molecular weight excluding hydrogens is 388 g/mol. The van der Waals surface area contributed by atoms with Crippen LogP contribution in [0.25, 0.3) is 22.2 Å². The van der Waals surface area contributed by atoms with Gasteiger partial charge in [-0.3, -0.25) is 9.78 Å². The molecule has 31 heavy (non-hydrogen) atoms. The Bertz CT molecular complexity index is 1250. The van der Waals surface area contributed by atoms with Crippen molar-refractivity contribution in [3.63, 3.8) is 0 Å². The Hall–Kier alpha value is -3.61. The molecule has 4 heterocycles. The van der Waals surface area contributed by atoms with E-state index in [1.54, 1.807) is 18.7 Å². The van der Waals surface area contributed by atoms with Gasteiger partial charge in [0.15, 0.2) is 0 Å². The van der Waals surface area contributed by atoms with Gasteiger partial charge in [-0.05, 0) is 55.7 Å². The van der Waals surface area contributed by atoms with Crippen molar-refractivity contribution in [1.29, 1.82) is 0 Å². The number of rotatable bonds is 3. The highest BCUT2D eigenvalue weighted by Crippen LogP contribution is 2.33. The second kappa shape index (κ2) is 7.91. The number of nitrogens with zero attached hydrogens (tertiary/aromatic N) is 6. The van der Waals surface area contributed by atoms with Gasteiger partial charge in [-0.2, -0.15) is 0 Å². The van der Waals surface area contributed by atoms with Crippen LogP contribution < -0.4 is 0 Å². The van der Waals surface area contributed by atoms with E-state index in [0.29, 0.717) is 12.1 Å². The Kier molecular flexibility index (Phi) is 4.94. The fourth-order valence-corrected chi connectivity index (χ4v) is 4.44. The maximum Gasteiger partial charge on any atom is 0.253 e. The summed E-state index contributed by atoms with van der Waals surface area (Å²) < 4.78 is 2.04. The van der Waals surface area contributed by atoms with Gasteiger partial charge in [0.05, 0.1) is 16.7 Å². The van der Waals surface area contributed by atoms with Gasteiger partial charge in [0, 0.05) is 55.8 Å². The molecule has 1 aromatic carbocycles. The lowest BCUT2D eigenvalue weighted by Gasteiger charge is -2.33. The summed E-state index contributed by atoms with van der Waals surface area (Å²) >= 11 is 0. The third-order valence-corrected chi connectivity index (χ3v) is 6.18. The molecule has 1 amide bonds. The molecule has 4 aromatic rings. The van der Waals surface area contributed by atoms with E-state index in [2.05, 4.69) is 19.9 Å². The van der Waals surface area contributed by atoms with Crippen molar-refractivity contribution in [2.24, 2.45) is 7.05 Å². The van der Waals surface area contributed by atoms with E-state index in [-0.39, 0.29) is 11.8 Å². The zero-order chi connectivity index (χ0) is 21.4. The first kappa shape index (κ1) is 19.4. The minimum absolute atomic E-state index is 0.0504. The average Bonchev–Trinajstić information content (AvgIpc) is 3.12. The number of piperidine rings is 1. The van der Waals surface area contributed by atoms with Gasteiger partial charge < -0.3 is 9.47 Å². The van der Waals surface area contributed by atoms with Crippen molar-refractivity contribution in [3.8, 4) is 11.1 Å². The van der Waals surface area contributed by atoms with Crippen molar-refractivity contribution >= 4 is 16.9 Å². The quantitative estimate of drug-likeness (QED) is 0.512. The minimum atomic E-state index is 0.0504. The topological polar surface area (TPSA) is 76.8 Å². The smallest absolute Gasteiger partial charge is 0.253 e. The van der Waals surface area contributed by atoms with E-state index in [1.807, 2.05) is 60.0 Å². The Morgan fingerprint density at radius 1 is 1.13 bits per heavy atom. The highest BCUT2D eigenvalue weighted by molar-refractivity contribution is 5.97. The lowest BCUT2D eigenvalue weighted by molar-refractivity contribution is 0.0706. The third kappa shape index (κ3) is 3.56. The molecular formula is C24H24N6O. The summed E-state index contributed by atoms with van der Waals surface area (Å²) in [5.41, 5.74) is 5.63. The summed E-state index contributed by atoms with van der Waals surface area (Å²) in [5.74, 6) is 1.16. The zero-order valence-electron chi connectivity index (χ0n) is 17.7. The first-order chi connectivity index (χ1) is 15.1. The van der Waals surface area contributed by atoms with Crippen molar-refractivity contribution in [2.45, 2.75) is 25.7 Å². The van der Waals surface area contributed by atoms with Gasteiger partial charge in [0.2, 0.25) is 0 Å². The maximum atomic E-state index is 13.3. The highest BCUT2D eigenvalue weighted by atomic mass is 16.2. The first-order valence-electron chi connectivity index (χ1n) is 10.5. The van der Waals surface area contributed by atoms with Crippen LogP contribution in [0.15, 0.2) is 55.2 Å². The zero-order valence-corrected chi connectivity index (χ0v) is 17.7. The van der Waals surface area contributed by atoms with E-state index in [1.165, 1.54) is 0 Å². The Balaban J connectivity index is 1.42. The molecule has 0 aliphatic carbocycles. The van der Waals surface area contributed by atoms with Crippen LogP contribution in [-0.2, 0) is 7.05 Å². The number of fused-ring (bicyclic) bond motifs is 1. The van der Waals surface area contributed by atoms with Crippen LogP contribution in [0.4, 0.5) is 0 Å². The SMILES string of the molecule is Cc1nc2cc(C(=O)N3CCC[C@H](c4ncncc4-c4ccncc4)C3)ccc2n1C. The van der Waals surface area contributed by atoms with Gasteiger partial charge in [-0.25, -0.2) is 15.0 Å². The number of imidazole rings is 1. The molecule has 0 N–H and O–H groups in total. The second-order valence-corrected chi connectivity index (χ2v) is 8.07. The van der Waals surface area contributed by atoms with Crippen LogP contribution >= 0.6 is 0 Å². The van der Waals surface area contributed by atoms with Gasteiger partial charge in [0.1, 0.15) is 12.2 Å². The molecule has 1 saturated heterocycles. The molecule has 0 spiro atoms. The molecule has 1 aliphatic heterocycles. The van der Waals surface area contributed by atoms with Crippen LogP contribution in [0.1, 0.15) is 40.6 Å². The third-order valence-electron chi connectivity index (χ3n) is 6.18. The van der Waals surface area contributed by atoms with Crippen LogP contribution in [-0.4, -0.2) is 48.4 Å². The number of amides is 1. The van der Waals surface area contributed by atoms with Crippen LogP contribution in [0.3, 0.4) is 0 Å². The monoisotopic (exact) mass is 412 g/mol. The number of carbonyl (C=O) groups excluding carboxylic acids is 1. The van der Waals surface area contributed by atoms with E-state index in [9.17, 15) is 4.79 Å².